The summed E-state index contributed by atoms with van der Waals surface area (Å²) in [5, 5.41) is 5.84. The first kappa shape index (κ1) is 26.2. The van der Waals surface area contributed by atoms with Crippen molar-refractivity contribution in [3.05, 3.63) is 64.7 Å². The van der Waals surface area contributed by atoms with Crippen molar-refractivity contribution in [2.75, 3.05) is 18.1 Å². The number of hydrazone groups is 1. The molecule has 0 saturated heterocycles. The van der Waals surface area contributed by atoms with Crippen molar-refractivity contribution >= 4 is 41.4 Å². The van der Waals surface area contributed by atoms with Crippen molar-refractivity contribution in [3.8, 4) is 0 Å². The topological polar surface area (TPSA) is 79.3 Å². The molecular formula is C24H23ClF3N3O4. The second-order valence-corrected chi connectivity index (χ2v) is 8.32. The van der Waals surface area contributed by atoms with Crippen LogP contribution in [0.2, 0.25) is 5.02 Å². The highest BCUT2D eigenvalue weighted by molar-refractivity contribution is 6.30. The Kier molecular flexibility index (Phi) is 7.84. The van der Waals surface area contributed by atoms with Gasteiger partial charge in [0.25, 0.3) is 0 Å². The Balaban J connectivity index is 1.96. The standard InChI is InChI=1S/C24H23ClF3N3O4/c1-3-23(21(33)35-4-2)14-31(29-20(23)17-7-9-18(25)10-8-17)22(34)30(15-32)19-11-5-16(6-12-19)13-24(26,27)28/h5-12,15H,3-4,13-14H2,1-2H3. The van der Waals surface area contributed by atoms with Crippen molar-refractivity contribution in [1.29, 1.82) is 0 Å². The molecule has 0 bridgehead atoms. The molecule has 186 valence electrons. The zero-order valence-electron chi connectivity index (χ0n) is 19.0. The quantitative estimate of drug-likeness (QED) is 0.379. The van der Waals surface area contributed by atoms with Crippen LogP contribution in [0.15, 0.2) is 53.6 Å². The largest absolute Gasteiger partial charge is 0.465 e. The summed E-state index contributed by atoms with van der Waals surface area (Å²) in [6, 6.07) is 10.6. The van der Waals surface area contributed by atoms with Crippen LogP contribution in [0, 0.1) is 5.41 Å². The van der Waals surface area contributed by atoms with Crippen molar-refractivity contribution in [2.24, 2.45) is 10.5 Å². The molecule has 1 atom stereocenters. The van der Waals surface area contributed by atoms with Gasteiger partial charge in [0.2, 0.25) is 6.41 Å². The number of urea groups is 1. The van der Waals surface area contributed by atoms with Gasteiger partial charge in [-0.05, 0) is 48.7 Å². The first-order valence-corrected chi connectivity index (χ1v) is 11.2. The summed E-state index contributed by atoms with van der Waals surface area (Å²) in [4.78, 5) is 38.8. The number of rotatable bonds is 7. The minimum absolute atomic E-state index is 0.0175. The lowest BCUT2D eigenvalue weighted by atomic mass is 9.78. The predicted molar refractivity (Wildman–Crippen MR) is 124 cm³/mol. The lowest BCUT2D eigenvalue weighted by Gasteiger charge is -2.28. The molecule has 2 aromatic carbocycles. The number of ether oxygens (including phenoxy) is 1. The number of esters is 1. The first-order chi connectivity index (χ1) is 16.5. The summed E-state index contributed by atoms with van der Waals surface area (Å²) in [6.45, 7) is 3.35. The molecule has 3 amide bonds. The van der Waals surface area contributed by atoms with Crippen molar-refractivity contribution in [2.45, 2.75) is 32.9 Å². The van der Waals surface area contributed by atoms with E-state index in [1.165, 1.54) is 24.3 Å². The summed E-state index contributed by atoms with van der Waals surface area (Å²) >= 11 is 5.99. The van der Waals surface area contributed by atoms with E-state index < -0.39 is 30.0 Å². The number of carbonyl (C=O) groups is 3. The van der Waals surface area contributed by atoms with Gasteiger partial charge in [-0.1, -0.05) is 42.8 Å². The van der Waals surface area contributed by atoms with Crippen LogP contribution < -0.4 is 4.90 Å². The van der Waals surface area contributed by atoms with E-state index in [1.54, 1.807) is 38.1 Å². The fourth-order valence-electron chi connectivity index (χ4n) is 3.84. The number of carbonyl (C=O) groups excluding carboxylic acids is 3. The second-order valence-electron chi connectivity index (χ2n) is 7.89. The molecule has 0 radical (unpaired) electrons. The van der Waals surface area contributed by atoms with Gasteiger partial charge in [-0.25, -0.2) is 14.7 Å². The number of benzene rings is 2. The number of halogens is 4. The maximum Gasteiger partial charge on any atom is 0.393 e. The van der Waals surface area contributed by atoms with Crippen LogP contribution >= 0.6 is 11.6 Å². The lowest BCUT2D eigenvalue weighted by Crippen LogP contribution is -2.46. The van der Waals surface area contributed by atoms with E-state index in [1.807, 2.05) is 0 Å². The highest BCUT2D eigenvalue weighted by atomic mass is 35.5. The number of amides is 3. The predicted octanol–water partition coefficient (Wildman–Crippen LogP) is 5.21. The minimum atomic E-state index is -4.39. The van der Waals surface area contributed by atoms with Crippen LogP contribution in [0.5, 0.6) is 0 Å². The fourth-order valence-corrected chi connectivity index (χ4v) is 3.96. The molecule has 3 rings (SSSR count). The third kappa shape index (κ3) is 5.64. The number of imide groups is 1. The average Bonchev–Trinajstić information content (AvgIpc) is 3.21. The average molecular weight is 510 g/mol. The van der Waals surface area contributed by atoms with Gasteiger partial charge in [-0.3, -0.25) is 9.59 Å². The van der Waals surface area contributed by atoms with Gasteiger partial charge < -0.3 is 4.74 Å². The van der Waals surface area contributed by atoms with Gasteiger partial charge in [0.05, 0.1) is 31.0 Å². The molecule has 1 unspecified atom stereocenters. The van der Waals surface area contributed by atoms with Crippen LogP contribution in [0.4, 0.5) is 23.7 Å². The van der Waals surface area contributed by atoms with Crippen molar-refractivity contribution in [3.63, 3.8) is 0 Å². The zero-order chi connectivity index (χ0) is 25.8. The third-order valence-corrected chi connectivity index (χ3v) is 5.88. The van der Waals surface area contributed by atoms with Crippen molar-refractivity contribution < 1.29 is 32.3 Å². The molecule has 0 saturated carbocycles. The molecular weight excluding hydrogens is 487 g/mol. The Bertz CT molecular complexity index is 1120. The van der Waals surface area contributed by atoms with Crippen LogP contribution in [-0.2, 0) is 20.7 Å². The molecule has 35 heavy (non-hydrogen) atoms. The Labute approximate surface area is 205 Å². The maximum absolute atomic E-state index is 13.3. The highest BCUT2D eigenvalue weighted by Gasteiger charge is 2.51. The summed E-state index contributed by atoms with van der Waals surface area (Å²) in [5.74, 6) is -0.569. The van der Waals surface area contributed by atoms with Crippen molar-refractivity contribution in [1.82, 2.24) is 5.01 Å². The second kappa shape index (κ2) is 10.5. The lowest BCUT2D eigenvalue weighted by molar-refractivity contribution is -0.151. The molecule has 11 heteroatoms. The van der Waals surface area contributed by atoms with Gasteiger partial charge in [-0.2, -0.15) is 18.3 Å². The molecule has 7 nitrogen and oxygen atoms in total. The normalized spacial score (nSPS) is 17.7. The van der Waals surface area contributed by atoms with E-state index in [2.05, 4.69) is 5.10 Å². The third-order valence-electron chi connectivity index (χ3n) is 5.63. The fraction of sp³-hybridized carbons (Fsp3) is 0.333. The maximum atomic E-state index is 13.3. The Morgan fingerprint density at radius 1 is 1.14 bits per heavy atom. The van der Waals surface area contributed by atoms with E-state index in [9.17, 15) is 27.6 Å². The molecule has 1 heterocycles. The first-order valence-electron chi connectivity index (χ1n) is 10.8. The van der Waals surface area contributed by atoms with E-state index in [0.29, 0.717) is 10.6 Å². The summed E-state index contributed by atoms with van der Waals surface area (Å²) in [5.41, 5.74) is -0.408. The SMILES string of the molecule is CCOC(=O)C1(CC)CN(C(=O)N(C=O)c2ccc(CC(F)(F)F)cc2)N=C1c1ccc(Cl)cc1. The molecule has 0 aliphatic carbocycles. The number of hydrogen-bond acceptors (Lipinski definition) is 5. The molecule has 0 N–H and O–H groups in total. The smallest absolute Gasteiger partial charge is 0.393 e. The molecule has 1 aliphatic heterocycles. The van der Waals surface area contributed by atoms with Gasteiger partial charge in [0.1, 0.15) is 5.41 Å². The highest BCUT2D eigenvalue weighted by Crippen LogP contribution is 2.37. The summed E-state index contributed by atoms with van der Waals surface area (Å²) in [6.07, 6.45) is -5.03. The Hall–Kier alpha value is -3.40. The molecule has 0 fully saturated rings. The molecule has 1 aliphatic rings. The monoisotopic (exact) mass is 509 g/mol. The van der Waals surface area contributed by atoms with Crippen LogP contribution in [0.25, 0.3) is 0 Å². The summed E-state index contributed by atoms with van der Waals surface area (Å²) < 4.78 is 43.2. The minimum Gasteiger partial charge on any atom is -0.465 e. The van der Waals surface area contributed by atoms with Gasteiger partial charge in [0.15, 0.2) is 0 Å². The number of anilines is 1. The van der Waals surface area contributed by atoms with E-state index in [-0.39, 0.29) is 42.9 Å². The van der Waals surface area contributed by atoms with E-state index >= 15 is 0 Å². The van der Waals surface area contributed by atoms with E-state index in [0.717, 1.165) is 9.91 Å². The Morgan fingerprint density at radius 3 is 2.29 bits per heavy atom. The molecule has 0 spiro atoms. The van der Waals surface area contributed by atoms with Gasteiger partial charge in [-0.15, -0.1) is 0 Å². The molecule has 2 aromatic rings. The van der Waals surface area contributed by atoms with Gasteiger partial charge in [0, 0.05) is 5.02 Å². The number of hydrogen-bond donors (Lipinski definition) is 0. The van der Waals surface area contributed by atoms with Gasteiger partial charge >= 0.3 is 18.2 Å². The van der Waals surface area contributed by atoms with Crippen LogP contribution in [0.1, 0.15) is 31.4 Å². The number of alkyl halides is 3. The molecule has 0 aromatic heterocycles. The number of nitrogens with zero attached hydrogens (tertiary/aromatic N) is 3. The van der Waals surface area contributed by atoms with Crippen LogP contribution in [0.3, 0.4) is 0 Å². The summed E-state index contributed by atoms with van der Waals surface area (Å²) in [7, 11) is 0. The van der Waals surface area contributed by atoms with E-state index in [4.69, 9.17) is 16.3 Å². The van der Waals surface area contributed by atoms with Crippen LogP contribution in [-0.4, -0.2) is 48.5 Å². The Morgan fingerprint density at radius 2 is 1.77 bits per heavy atom. The zero-order valence-corrected chi connectivity index (χ0v) is 19.8.